The number of aliphatic hydroxyl groups excluding tert-OH is 1. The summed E-state index contributed by atoms with van der Waals surface area (Å²) < 4.78 is 10.6. The number of rotatable bonds is 5. The van der Waals surface area contributed by atoms with Crippen LogP contribution in [0.25, 0.3) is 0 Å². The lowest BCUT2D eigenvalue weighted by atomic mass is 10.1. The average Bonchev–Trinajstić information content (AvgIpc) is 2.29. The predicted molar refractivity (Wildman–Crippen MR) is 66.9 cm³/mol. The third kappa shape index (κ3) is 4.02. The van der Waals surface area contributed by atoms with Crippen LogP contribution < -0.4 is 4.74 Å². The van der Waals surface area contributed by atoms with Gasteiger partial charge in [0.05, 0.1) is 26.2 Å². The van der Waals surface area contributed by atoms with Crippen LogP contribution in [0, 0.1) is 0 Å². The molecule has 0 amide bonds. The van der Waals surface area contributed by atoms with Crippen LogP contribution in [0.15, 0.2) is 22.7 Å². The molecule has 4 nitrogen and oxygen atoms in total. The summed E-state index contributed by atoms with van der Waals surface area (Å²) in [5.74, 6) is 0.209. The Morgan fingerprint density at radius 1 is 1.53 bits per heavy atom. The fourth-order valence-electron chi connectivity index (χ4n) is 1.39. The van der Waals surface area contributed by atoms with Crippen molar-refractivity contribution in [2.24, 2.45) is 0 Å². The highest BCUT2D eigenvalue weighted by atomic mass is 79.9. The van der Waals surface area contributed by atoms with Gasteiger partial charge in [0.15, 0.2) is 0 Å². The van der Waals surface area contributed by atoms with Crippen molar-refractivity contribution in [3.05, 3.63) is 28.2 Å². The van der Waals surface area contributed by atoms with Crippen molar-refractivity contribution in [3.63, 3.8) is 0 Å². The van der Waals surface area contributed by atoms with Gasteiger partial charge in [0.1, 0.15) is 5.75 Å². The van der Waals surface area contributed by atoms with Gasteiger partial charge in [-0.3, -0.25) is 4.79 Å². The summed E-state index contributed by atoms with van der Waals surface area (Å²) in [5, 5.41) is 9.93. The predicted octanol–water partition coefficient (Wildman–Crippen LogP) is 2.44. The maximum absolute atomic E-state index is 11.3. The molecule has 1 aromatic carbocycles. The van der Waals surface area contributed by atoms with Crippen molar-refractivity contribution < 1.29 is 19.4 Å². The number of hydrogen-bond acceptors (Lipinski definition) is 4. The molecule has 0 aliphatic carbocycles. The molecule has 5 heteroatoms. The van der Waals surface area contributed by atoms with Crippen molar-refractivity contribution in [1.82, 2.24) is 0 Å². The summed E-state index contributed by atoms with van der Waals surface area (Å²) in [6.45, 7) is 2.04. The lowest BCUT2D eigenvalue weighted by Crippen LogP contribution is -2.10. The lowest BCUT2D eigenvalue weighted by Gasteiger charge is -2.13. The molecule has 0 bridgehead atoms. The number of hydrogen-bond donors (Lipinski definition) is 1. The Labute approximate surface area is 109 Å². The van der Waals surface area contributed by atoms with E-state index in [4.69, 9.17) is 9.47 Å². The van der Waals surface area contributed by atoms with Crippen LogP contribution in [0.4, 0.5) is 0 Å². The first-order valence-electron chi connectivity index (χ1n) is 5.25. The van der Waals surface area contributed by atoms with E-state index in [0.29, 0.717) is 17.9 Å². The van der Waals surface area contributed by atoms with E-state index in [0.717, 1.165) is 4.47 Å². The summed E-state index contributed by atoms with van der Waals surface area (Å²) in [6.07, 6.45) is -0.974. The van der Waals surface area contributed by atoms with Gasteiger partial charge in [-0.25, -0.2) is 0 Å². The summed E-state index contributed by atoms with van der Waals surface area (Å²) >= 11 is 3.32. The van der Waals surface area contributed by atoms with Crippen LogP contribution in [0.3, 0.4) is 0 Å². The number of carbonyl (C=O) groups excluding carboxylic acids is 1. The van der Waals surface area contributed by atoms with E-state index in [1.807, 2.05) is 0 Å². The molecule has 1 rings (SSSR count). The van der Waals surface area contributed by atoms with Gasteiger partial charge in [0.2, 0.25) is 0 Å². The minimum atomic E-state index is -0.904. The molecular formula is C12H15BrO4. The van der Waals surface area contributed by atoms with Crippen molar-refractivity contribution >= 4 is 21.9 Å². The van der Waals surface area contributed by atoms with Gasteiger partial charge in [0.25, 0.3) is 0 Å². The number of aliphatic hydroxyl groups is 1. The third-order valence-corrected chi connectivity index (χ3v) is 2.95. The van der Waals surface area contributed by atoms with Gasteiger partial charge >= 0.3 is 5.97 Å². The van der Waals surface area contributed by atoms with Gasteiger partial charge in [-0.15, -0.1) is 0 Å². The second kappa shape index (κ2) is 6.61. The molecule has 0 heterocycles. The Morgan fingerprint density at radius 3 is 2.82 bits per heavy atom. The topological polar surface area (TPSA) is 55.8 Å². The zero-order chi connectivity index (χ0) is 12.8. The number of ether oxygens (including phenoxy) is 2. The highest BCUT2D eigenvalue weighted by Gasteiger charge is 2.17. The highest BCUT2D eigenvalue weighted by molar-refractivity contribution is 9.10. The van der Waals surface area contributed by atoms with Crippen LogP contribution in [0.5, 0.6) is 5.75 Å². The molecule has 0 radical (unpaired) electrons. The third-order valence-electron chi connectivity index (χ3n) is 2.23. The molecule has 1 unspecified atom stereocenters. The molecular weight excluding hydrogens is 288 g/mol. The molecule has 17 heavy (non-hydrogen) atoms. The number of carbonyl (C=O) groups is 1. The van der Waals surface area contributed by atoms with Crippen LogP contribution in [-0.4, -0.2) is 24.8 Å². The normalized spacial score (nSPS) is 12.0. The average molecular weight is 303 g/mol. The molecule has 94 valence electrons. The van der Waals surface area contributed by atoms with Crippen molar-refractivity contribution in [1.29, 1.82) is 0 Å². The van der Waals surface area contributed by atoms with Crippen LogP contribution >= 0.6 is 15.9 Å². The molecule has 0 aliphatic heterocycles. The van der Waals surface area contributed by atoms with Gasteiger partial charge in [-0.1, -0.05) is 15.9 Å². The van der Waals surface area contributed by atoms with E-state index in [-0.39, 0.29) is 6.42 Å². The van der Waals surface area contributed by atoms with Gasteiger partial charge in [-0.05, 0) is 30.7 Å². The first-order chi connectivity index (χ1) is 8.08. The minimum absolute atomic E-state index is 0.0698. The zero-order valence-electron chi connectivity index (χ0n) is 9.77. The van der Waals surface area contributed by atoms with Gasteiger partial charge < -0.3 is 14.6 Å². The number of methoxy groups -OCH3 is 1. The second-order valence-corrected chi connectivity index (χ2v) is 4.27. The molecule has 1 aromatic rings. The zero-order valence-corrected chi connectivity index (χ0v) is 11.4. The Kier molecular flexibility index (Phi) is 5.44. The summed E-state index contributed by atoms with van der Waals surface area (Å²) in [5.41, 5.74) is 0.609. The fourth-order valence-corrected chi connectivity index (χ4v) is 1.90. The summed E-state index contributed by atoms with van der Waals surface area (Å²) in [4.78, 5) is 11.3. The fraction of sp³-hybridized carbons (Fsp3) is 0.417. The SMILES string of the molecule is CCOC(=O)CC(O)c1cc(OC)ccc1Br. The Morgan fingerprint density at radius 2 is 2.24 bits per heavy atom. The monoisotopic (exact) mass is 302 g/mol. The first kappa shape index (κ1) is 14.0. The van der Waals surface area contributed by atoms with E-state index in [9.17, 15) is 9.90 Å². The first-order valence-corrected chi connectivity index (χ1v) is 6.05. The lowest BCUT2D eigenvalue weighted by molar-refractivity contribution is -0.145. The van der Waals surface area contributed by atoms with Crippen molar-refractivity contribution in [2.45, 2.75) is 19.4 Å². The molecule has 0 saturated heterocycles. The molecule has 0 fully saturated rings. The molecule has 1 N–H and O–H groups in total. The van der Waals surface area contributed by atoms with Crippen LogP contribution in [0.2, 0.25) is 0 Å². The van der Waals surface area contributed by atoms with E-state index in [2.05, 4.69) is 15.9 Å². The van der Waals surface area contributed by atoms with Gasteiger partial charge in [0, 0.05) is 4.47 Å². The molecule has 0 aliphatic rings. The number of esters is 1. The standard InChI is InChI=1S/C12H15BrO4/c1-3-17-12(15)7-11(14)9-6-8(16-2)4-5-10(9)13/h4-6,11,14H,3,7H2,1-2H3. The van der Waals surface area contributed by atoms with Crippen molar-refractivity contribution in [2.75, 3.05) is 13.7 Å². The van der Waals surface area contributed by atoms with Crippen LogP contribution in [0.1, 0.15) is 25.0 Å². The van der Waals surface area contributed by atoms with Crippen molar-refractivity contribution in [3.8, 4) is 5.75 Å². The highest BCUT2D eigenvalue weighted by Crippen LogP contribution is 2.29. The van der Waals surface area contributed by atoms with E-state index in [1.54, 1.807) is 32.2 Å². The Bertz CT molecular complexity index is 392. The molecule has 0 saturated carbocycles. The summed E-state index contributed by atoms with van der Waals surface area (Å²) in [7, 11) is 1.55. The number of halogens is 1. The van der Waals surface area contributed by atoms with E-state index >= 15 is 0 Å². The molecule has 0 aromatic heterocycles. The minimum Gasteiger partial charge on any atom is -0.497 e. The summed E-state index contributed by atoms with van der Waals surface area (Å²) in [6, 6.07) is 5.22. The maximum Gasteiger partial charge on any atom is 0.308 e. The smallest absolute Gasteiger partial charge is 0.308 e. The van der Waals surface area contributed by atoms with E-state index < -0.39 is 12.1 Å². The Hall–Kier alpha value is -1.07. The van der Waals surface area contributed by atoms with Crippen LogP contribution in [-0.2, 0) is 9.53 Å². The van der Waals surface area contributed by atoms with E-state index in [1.165, 1.54) is 0 Å². The quantitative estimate of drug-likeness (QED) is 0.849. The largest absolute Gasteiger partial charge is 0.497 e. The molecule has 1 atom stereocenters. The molecule has 0 spiro atoms. The maximum atomic E-state index is 11.3. The Balaban J connectivity index is 2.80. The number of benzene rings is 1. The second-order valence-electron chi connectivity index (χ2n) is 3.41. The van der Waals surface area contributed by atoms with Gasteiger partial charge in [-0.2, -0.15) is 0 Å².